The molecule has 0 atom stereocenters. The molecule has 1 aromatic carbocycles. The second-order valence-electron chi connectivity index (χ2n) is 6.08. The Hall–Kier alpha value is -1.55. The van der Waals surface area contributed by atoms with Crippen LogP contribution in [0.25, 0.3) is 0 Å². The van der Waals surface area contributed by atoms with Crippen LogP contribution in [0.15, 0.2) is 24.3 Å². The van der Waals surface area contributed by atoms with E-state index in [4.69, 9.17) is 5.73 Å². The van der Waals surface area contributed by atoms with Crippen molar-refractivity contribution in [3.63, 3.8) is 0 Å². The number of carbonyl (C=O) groups excluding carboxylic acids is 1. The van der Waals surface area contributed by atoms with Crippen LogP contribution >= 0.6 is 0 Å². The lowest BCUT2D eigenvalue weighted by Crippen LogP contribution is -2.43. The summed E-state index contributed by atoms with van der Waals surface area (Å²) in [5.74, 6) is 0.0411. The maximum absolute atomic E-state index is 12.3. The van der Waals surface area contributed by atoms with Crippen molar-refractivity contribution < 1.29 is 4.79 Å². The van der Waals surface area contributed by atoms with Gasteiger partial charge in [-0.3, -0.25) is 4.79 Å². The summed E-state index contributed by atoms with van der Waals surface area (Å²) in [6.45, 7) is 9.65. The van der Waals surface area contributed by atoms with Gasteiger partial charge in [0.05, 0.1) is 5.41 Å². The van der Waals surface area contributed by atoms with Gasteiger partial charge in [0, 0.05) is 24.8 Å². The number of anilines is 1. The van der Waals surface area contributed by atoms with Gasteiger partial charge in [-0.05, 0) is 52.4 Å². The first-order valence-electron chi connectivity index (χ1n) is 7.09. The Morgan fingerprint density at radius 2 is 1.85 bits per heavy atom. The van der Waals surface area contributed by atoms with Crippen LogP contribution in [0.3, 0.4) is 0 Å². The third-order valence-corrected chi connectivity index (χ3v) is 3.83. The molecule has 0 aromatic heterocycles. The van der Waals surface area contributed by atoms with Crippen molar-refractivity contribution in [1.82, 2.24) is 10.2 Å². The molecule has 0 bridgehead atoms. The monoisotopic (exact) mass is 277 g/mol. The van der Waals surface area contributed by atoms with Crippen LogP contribution in [0.4, 0.5) is 5.69 Å². The summed E-state index contributed by atoms with van der Waals surface area (Å²) in [5, 5.41) is 3.01. The van der Waals surface area contributed by atoms with E-state index < -0.39 is 5.41 Å². The van der Waals surface area contributed by atoms with Crippen molar-refractivity contribution in [2.75, 3.05) is 25.9 Å². The molecule has 0 spiro atoms. The summed E-state index contributed by atoms with van der Waals surface area (Å²) in [5.41, 5.74) is 6.82. The average molecular weight is 277 g/mol. The fourth-order valence-electron chi connectivity index (χ4n) is 1.86. The molecule has 0 fully saturated rings. The highest BCUT2D eigenvalue weighted by molar-refractivity contribution is 5.87. The van der Waals surface area contributed by atoms with Gasteiger partial charge in [0.25, 0.3) is 0 Å². The molecule has 0 saturated heterocycles. The molecule has 112 valence electrons. The zero-order valence-electron chi connectivity index (χ0n) is 13.2. The Kier molecular flexibility index (Phi) is 5.57. The number of hydrogen-bond donors (Lipinski definition) is 2. The van der Waals surface area contributed by atoms with E-state index in [2.05, 4.69) is 31.1 Å². The van der Waals surface area contributed by atoms with E-state index in [1.54, 1.807) is 0 Å². The first-order valence-corrected chi connectivity index (χ1v) is 7.09. The summed E-state index contributed by atoms with van der Waals surface area (Å²) in [4.78, 5) is 14.5. The number of nitrogen functional groups attached to an aromatic ring is 1. The first-order chi connectivity index (χ1) is 9.25. The van der Waals surface area contributed by atoms with Gasteiger partial charge in [0.15, 0.2) is 0 Å². The Balaban J connectivity index is 2.59. The predicted molar refractivity (Wildman–Crippen MR) is 84.7 cm³/mol. The maximum Gasteiger partial charge on any atom is 0.230 e. The second kappa shape index (κ2) is 6.75. The maximum atomic E-state index is 12.3. The minimum atomic E-state index is -0.551. The lowest BCUT2D eigenvalue weighted by atomic mass is 9.83. The Morgan fingerprint density at radius 1 is 1.30 bits per heavy atom. The SMILES string of the molecule is CC(C)N(C)CCNC(=O)C(C)(C)c1ccc(N)cc1. The number of rotatable bonds is 6. The molecule has 0 unspecified atom stereocenters. The van der Waals surface area contributed by atoms with Gasteiger partial charge in [0.2, 0.25) is 5.91 Å². The zero-order valence-corrected chi connectivity index (χ0v) is 13.2. The highest BCUT2D eigenvalue weighted by Crippen LogP contribution is 2.24. The van der Waals surface area contributed by atoms with Gasteiger partial charge >= 0.3 is 0 Å². The molecular formula is C16H27N3O. The molecular weight excluding hydrogens is 250 g/mol. The number of benzene rings is 1. The van der Waals surface area contributed by atoms with E-state index in [-0.39, 0.29) is 5.91 Å². The van der Waals surface area contributed by atoms with E-state index in [0.29, 0.717) is 18.3 Å². The summed E-state index contributed by atoms with van der Waals surface area (Å²) < 4.78 is 0. The summed E-state index contributed by atoms with van der Waals surface area (Å²) in [7, 11) is 2.06. The molecule has 0 heterocycles. The van der Waals surface area contributed by atoms with Crippen LogP contribution in [0.1, 0.15) is 33.3 Å². The fourth-order valence-corrected chi connectivity index (χ4v) is 1.86. The number of amides is 1. The molecule has 1 aromatic rings. The first kappa shape index (κ1) is 16.5. The van der Waals surface area contributed by atoms with Crippen molar-refractivity contribution in [3.05, 3.63) is 29.8 Å². The molecule has 20 heavy (non-hydrogen) atoms. The van der Waals surface area contributed by atoms with E-state index in [0.717, 1.165) is 12.1 Å². The Morgan fingerprint density at radius 3 is 2.35 bits per heavy atom. The smallest absolute Gasteiger partial charge is 0.230 e. The van der Waals surface area contributed by atoms with Crippen molar-refractivity contribution >= 4 is 11.6 Å². The number of nitrogens with one attached hydrogen (secondary N) is 1. The molecule has 3 N–H and O–H groups in total. The minimum Gasteiger partial charge on any atom is -0.399 e. The topological polar surface area (TPSA) is 58.4 Å². The molecule has 4 heteroatoms. The van der Waals surface area contributed by atoms with E-state index in [9.17, 15) is 4.79 Å². The van der Waals surface area contributed by atoms with Crippen LogP contribution in [-0.4, -0.2) is 37.0 Å². The third-order valence-electron chi connectivity index (χ3n) is 3.83. The van der Waals surface area contributed by atoms with E-state index in [1.165, 1.54) is 0 Å². The van der Waals surface area contributed by atoms with Crippen molar-refractivity contribution in [3.8, 4) is 0 Å². The molecule has 0 aliphatic rings. The molecule has 4 nitrogen and oxygen atoms in total. The van der Waals surface area contributed by atoms with Gasteiger partial charge in [-0.2, -0.15) is 0 Å². The molecule has 0 aliphatic carbocycles. The summed E-state index contributed by atoms with van der Waals surface area (Å²) >= 11 is 0. The fraction of sp³-hybridized carbons (Fsp3) is 0.562. The number of nitrogens with zero attached hydrogens (tertiary/aromatic N) is 1. The van der Waals surface area contributed by atoms with E-state index in [1.807, 2.05) is 38.1 Å². The van der Waals surface area contributed by atoms with Crippen LogP contribution in [0, 0.1) is 0 Å². The van der Waals surface area contributed by atoms with Gasteiger partial charge in [-0.1, -0.05) is 12.1 Å². The van der Waals surface area contributed by atoms with Crippen LogP contribution in [0.2, 0.25) is 0 Å². The third kappa shape index (κ3) is 4.23. The zero-order chi connectivity index (χ0) is 15.3. The largest absolute Gasteiger partial charge is 0.399 e. The summed E-state index contributed by atoms with van der Waals surface area (Å²) in [6.07, 6.45) is 0. The van der Waals surface area contributed by atoms with Crippen molar-refractivity contribution in [2.24, 2.45) is 0 Å². The number of carbonyl (C=O) groups is 1. The average Bonchev–Trinajstić information content (AvgIpc) is 2.38. The lowest BCUT2D eigenvalue weighted by molar-refractivity contribution is -0.125. The minimum absolute atomic E-state index is 0.0411. The predicted octanol–water partition coefficient (Wildman–Crippen LogP) is 2.00. The molecule has 0 aliphatic heterocycles. The van der Waals surface area contributed by atoms with Gasteiger partial charge in [-0.15, -0.1) is 0 Å². The van der Waals surface area contributed by atoms with Gasteiger partial charge in [0.1, 0.15) is 0 Å². The highest BCUT2D eigenvalue weighted by Gasteiger charge is 2.29. The van der Waals surface area contributed by atoms with Gasteiger partial charge < -0.3 is 16.0 Å². The number of nitrogens with two attached hydrogens (primary N) is 1. The Labute approximate surface area is 122 Å². The number of hydrogen-bond acceptors (Lipinski definition) is 3. The van der Waals surface area contributed by atoms with Crippen LogP contribution < -0.4 is 11.1 Å². The lowest BCUT2D eigenvalue weighted by Gasteiger charge is -2.26. The summed E-state index contributed by atoms with van der Waals surface area (Å²) in [6, 6.07) is 7.97. The number of likely N-dealkylation sites (N-methyl/N-ethyl adjacent to an activating group) is 1. The van der Waals surface area contributed by atoms with Crippen LogP contribution in [-0.2, 0) is 10.2 Å². The molecule has 1 amide bonds. The molecule has 0 saturated carbocycles. The second-order valence-corrected chi connectivity index (χ2v) is 6.08. The van der Waals surface area contributed by atoms with Crippen molar-refractivity contribution in [1.29, 1.82) is 0 Å². The normalized spacial score (nSPS) is 11.9. The standard InChI is InChI=1S/C16H27N3O/c1-12(2)19(5)11-10-18-15(20)16(3,4)13-6-8-14(17)9-7-13/h6-9,12H,10-11,17H2,1-5H3,(H,18,20). The van der Waals surface area contributed by atoms with E-state index >= 15 is 0 Å². The molecule has 1 rings (SSSR count). The highest BCUT2D eigenvalue weighted by atomic mass is 16.2. The van der Waals surface area contributed by atoms with Crippen molar-refractivity contribution in [2.45, 2.75) is 39.2 Å². The quantitative estimate of drug-likeness (QED) is 0.782. The Bertz CT molecular complexity index is 438. The van der Waals surface area contributed by atoms with Gasteiger partial charge in [-0.25, -0.2) is 0 Å². The molecule has 0 radical (unpaired) electrons. The van der Waals surface area contributed by atoms with Crippen LogP contribution in [0.5, 0.6) is 0 Å².